The largest absolute Gasteiger partial charge is 0.306 e. The van der Waals surface area contributed by atoms with Crippen LogP contribution in [-0.4, -0.2) is 13.1 Å². The van der Waals surface area contributed by atoms with Gasteiger partial charge in [0.1, 0.15) is 0 Å². The minimum atomic E-state index is 0.628. The zero-order valence-electron chi connectivity index (χ0n) is 3.70. The molecule has 0 spiro atoms. The van der Waals surface area contributed by atoms with E-state index in [0.29, 0.717) is 13.1 Å². The van der Waals surface area contributed by atoms with Crippen molar-refractivity contribution in [3.63, 3.8) is 0 Å². The molecule has 0 bridgehead atoms. The summed E-state index contributed by atoms with van der Waals surface area (Å²) < 4.78 is 0. The van der Waals surface area contributed by atoms with Crippen LogP contribution in [0.1, 0.15) is 0 Å². The van der Waals surface area contributed by atoms with Gasteiger partial charge in [-0.25, -0.2) is 0 Å². The van der Waals surface area contributed by atoms with Gasteiger partial charge >= 0.3 is 0 Å². The third-order valence-electron chi connectivity index (χ3n) is 0.404. The molecule has 0 heterocycles. The van der Waals surface area contributed by atoms with Crippen molar-refractivity contribution < 1.29 is 0 Å². The quantitative estimate of drug-likeness (QED) is 0.366. The van der Waals surface area contributed by atoms with Gasteiger partial charge < -0.3 is 5.32 Å². The van der Waals surface area contributed by atoms with Gasteiger partial charge in [-0.2, -0.15) is 0 Å². The summed E-state index contributed by atoms with van der Waals surface area (Å²) in [6.45, 7) is 4.86. The molecule has 0 saturated carbocycles. The molecule has 0 aliphatic carbocycles. The van der Waals surface area contributed by atoms with E-state index in [1.54, 1.807) is 0 Å². The lowest BCUT2D eigenvalue weighted by atomic mass is 10.6. The van der Waals surface area contributed by atoms with Gasteiger partial charge in [0.15, 0.2) is 0 Å². The Hall–Kier alpha value is -0.480. The molecule has 0 fully saturated rings. The predicted octanol–water partition coefficient (Wildman–Crippen LogP) is 0.0433. The highest BCUT2D eigenvalue weighted by Crippen LogP contribution is 1.48. The van der Waals surface area contributed by atoms with Crippen molar-refractivity contribution in [3.8, 4) is 12.3 Å². The van der Waals surface area contributed by atoms with Gasteiger partial charge in [0.2, 0.25) is 0 Å². The van der Waals surface area contributed by atoms with E-state index in [9.17, 15) is 0 Å². The first-order chi connectivity index (χ1) is 2.91. The van der Waals surface area contributed by atoms with E-state index in [0.717, 1.165) is 0 Å². The first-order valence-electron chi connectivity index (χ1n) is 1.85. The molecule has 0 atom stereocenters. The molecule has 1 nitrogen and oxygen atoms in total. The molecular weight excluding hydrogens is 74.1 g/mol. The first kappa shape index (κ1) is 5.52. The molecule has 0 aromatic carbocycles. The van der Waals surface area contributed by atoms with Crippen LogP contribution in [0.5, 0.6) is 0 Å². The summed E-state index contributed by atoms with van der Waals surface area (Å²) in [4.78, 5) is 0. The summed E-state index contributed by atoms with van der Waals surface area (Å²) in [7, 11) is 0. The van der Waals surface area contributed by atoms with Crippen molar-refractivity contribution in [2.45, 2.75) is 0 Å². The van der Waals surface area contributed by atoms with Crippen LogP contribution < -0.4 is 5.32 Å². The molecule has 0 saturated heterocycles. The Bertz CT molecular complexity index is 51.4. The molecule has 0 aliphatic heterocycles. The molecule has 0 aliphatic rings. The van der Waals surface area contributed by atoms with Gasteiger partial charge in [0.05, 0.1) is 6.54 Å². The normalized spacial score (nSPS) is 7.33. The average Bonchev–Trinajstić information content (AvgIpc) is 1.61. The maximum atomic E-state index is 4.87. The molecule has 1 radical (unpaired) electrons. The van der Waals surface area contributed by atoms with Crippen LogP contribution in [0.4, 0.5) is 0 Å². The van der Waals surface area contributed by atoms with Crippen LogP contribution in [0.15, 0.2) is 0 Å². The fraction of sp³-hybridized carbons (Fsp3) is 0.400. The van der Waals surface area contributed by atoms with Gasteiger partial charge in [-0.1, -0.05) is 5.92 Å². The Balaban J connectivity index is 2.54. The molecule has 1 N–H and O–H groups in total. The second-order valence-corrected chi connectivity index (χ2v) is 0.881. The van der Waals surface area contributed by atoms with Crippen LogP contribution in [0.25, 0.3) is 0 Å². The Morgan fingerprint density at radius 3 is 2.67 bits per heavy atom. The third-order valence-corrected chi connectivity index (χ3v) is 0.404. The maximum absolute atomic E-state index is 4.87. The fourth-order valence-corrected chi connectivity index (χ4v) is 0.161. The summed E-state index contributed by atoms with van der Waals surface area (Å²) in [5.41, 5.74) is 0. The lowest BCUT2D eigenvalue weighted by Gasteiger charge is -1.86. The first-order valence-corrected chi connectivity index (χ1v) is 1.85. The van der Waals surface area contributed by atoms with E-state index in [4.69, 9.17) is 6.42 Å². The molecule has 6 heavy (non-hydrogen) atoms. The number of hydrogen-bond acceptors (Lipinski definition) is 1. The average molecular weight is 82.1 g/mol. The zero-order valence-corrected chi connectivity index (χ0v) is 3.70. The Morgan fingerprint density at radius 1 is 1.83 bits per heavy atom. The molecular formula is C5H8N. The molecule has 33 valence electrons. The number of hydrogen-bond donors (Lipinski definition) is 1. The third kappa shape index (κ3) is 3.52. The van der Waals surface area contributed by atoms with Gasteiger partial charge in [0, 0.05) is 0 Å². The van der Waals surface area contributed by atoms with E-state index in [2.05, 4.69) is 18.2 Å². The molecule has 0 rings (SSSR count). The molecule has 1 heteroatoms. The van der Waals surface area contributed by atoms with Crippen molar-refractivity contribution >= 4 is 0 Å². The monoisotopic (exact) mass is 82.1 g/mol. The Morgan fingerprint density at radius 2 is 2.50 bits per heavy atom. The van der Waals surface area contributed by atoms with Crippen LogP contribution in [0, 0.1) is 19.3 Å². The van der Waals surface area contributed by atoms with Gasteiger partial charge in [-0.3, -0.25) is 0 Å². The highest BCUT2D eigenvalue weighted by Gasteiger charge is 1.66. The van der Waals surface area contributed by atoms with Gasteiger partial charge in [-0.05, 0) is 13.5 Å². The van der Waals surface area contributed by atoms with Crippen molar-refractivity contribution in [3.05, 3.63) is 6.92 Å². The standard InChI is InChI=1S/C5H8N/c1-3-5-6-4-2/h1,6H,2,4-5H2. The fourth-order valence-electron chi connectivity index (χ4n) is 0.161. The number of terminal acetylenes is 1. The van der Waals surface area contributed by atoms with E-state index in [1.165, 1.54) is 0 Å². The molecule has 0 amide bonds. The molecule has 0 aromatic heterocycles. The SMILES string of the molecule is C#CCNC[CH2]. The number of nitrogens with one attached hydrogen (secondary N) is 1. The topological polar surface area (TPSA) is 12.0 Å². The van der Waals surface area contributed by atoms with Crippen LogP contribution >= 0.6 is 0 Å². The summed E-state index contributed by atoms with van der Waals surface area (Å²) in [6, 6.07) is 0. The predicted molar refractivity (Wildman–Crippen MR) is 27.1 cm³/mol. The highest BCUT2D eigenvalue weighted by molar-refractivity contribution is 4.86. The maximum Gasteiger partial charge on any atom is 0.0573 e. The second-order valence-electron chi connectivity index (χ2n) is 0.881. The summed E-state index contributed by atoms with van der Waals surface area (Å²) in [5.74, 6) is 2.42. The van der Waals surface area contributed by atoms with E-state index >= 15 is 0 Å². The molecule has 0 unspecified atom stereocenters. The van der Waals surface area contributed by atoms with E-state index in [1.807, 2.05) is 0 Å². The van der Waals surface area contributed by atoms with Crippen LogP contribution in [-0.2, 0) is 0 Å². The van der Waals surface area contributed by atoms with Gasteiger partial charge in [-0.15, -0.1) is 6.42 Å². The van der Waals surface area contributed by atoms with Crippen molar-refractivity contribution in [2.24, 2.45) is 0 Å². The minimum Gasteiger partial charge on any atom is -0.306 e. The van der Waals surface area contributed by atoms with Crippen LogP contribution in [0.2, 0.25) is 0 Å². The van der Waals surface area contributed by atoms with Crippen LogP contribution in [0.3, 0.4) is 0 Å². The summed E-state index contributed by atoms with van der Waals surface area (Å²) in [5, 5.41) is 2.85. The zero-order chi connectivity index (χ0) is 4.83. The van der Waals surface area contributed by atoms with E-state index in [-0.39, 0.29) is 0 Å². The Kier molecular flexibility index (Phi) is 4.16. The summed E-state index contributed by atoms with van der Waals surface area (Å²) >= 11 is 0. The minimum absolute atomic E-state index is 0.628. The van der Waals surface area contributed by atoms with Crippen molar-refractivity contribution in [2.75, 3.05) is 13.1 Å². The molecule has 0 aromatic rings. The smallest absolute Gasteiger partial charge is 0.0573 e. The lowest BCUT2D eigenvalue weighted by Crippen LogP contribution is -2.11. The Labute approximate surface area is 38.7 Å². The van der Waals surface area contributed by atoms with Gasteiger partial charge in [0.25, 0.3) is 0 Å². The lowest BCUT2D eigenvalue weighted by molar-refractivity contribution is 0.855. The summed E-state index contributed by atoms with van der Waals surface area (Å²) in [6.07, 6.45) is 4.87. The number of rotatable bonds is 2. The van der Waals surface area contributed by atoms with Crippen molar-refractivity contribution in [1.29, 1.82) is 0 Å². The van der Waals surface area contributed by atoms with E-state index < -0.39 is 0 Å². The van der Waals surface area contributed by atoms with Crippen molar-refractivity contribution in [1.82, 2.24) is 5.32 Å². The highest BCUT2D eigenvalue weighted by atomic mass is 14.8. The second kappa shape index (κ2) is 4.52.